The van der Waals surface area contributed by atoms with E-state index < -0.39 is 12.0 Å². The highest BCUT2D eigenvalue weighted by molar-refractivity contribution is 14.1. The maximum Gasteiger partial charge on any atom is 0.338 e. The van der Waals surface area contributed by atoms with E-state index in [0.29, 0.717) is 60.1 Å². The van der Waals surface area contributed by atoms with E-state index >= 15 is 0 Å². The van der Waals surface area contributed by atoms with Crippen molar-refractivity contribution in [2.45, 2.75) is 33.4 Å². The van der Waals surface area contributed by atoms with Gasteiger partial charge in [-0.15, -0.1) is 0 Å². The molecule has 8 nitrogen and oxygen atoms in total. The predicted octanol–water partition coefficient (Wildman–Crippen LogP) is 7.30. The first-order valence-electron chi connectivity index (χ1n) is 14.1. The summed E-state index contributed by atoms with van der Waals surface area (Å²) >= 11 is 18.1. The van der Waals surface area contributed by atoms with Crippen LogP contribution in [0.1, 0.15) is 43.5 Å². The molecule has 0 fully saturated rings. The molecule has 4 aromatic rings. The smallest absolute Gasteiger partial charge is 0.338 e. The number of methoxy groups -OCH3 is 1. The number of hydrogen-bond donors (Lipinski definition) is 0. The van der Waals surface area contributed by atoms with Crippen LogP contribution in [0.15, 0.2) is 69.6 Å². The molecule has 0 aliphatic carbocycles. The second-order valence-electron chi connectivity index (χ2n) is 9.98. The first kappa shape index (κ1) is 34.7. The number of rotatable bonds is 10. The minimum Gasteiger partial charge on any atom is -0.493 e. The molecule has 0 N–H and O–H groups in total. The molecule has 1 aliphatic rings. The predicted molar refractivity (Wildman–Crippen MR) is 197 cm³/mol. The lowest BCUT2D eigenvalue weighted by Crippen LogP contribution is -2.40. The van der Waals surface area contributed by atoms with Gasteiger partial charge in [-0.2, -0.15) is 0 Å². The van der Waals surface area contributed by atoms with E-state index in [9.17, 15) is 9.59 Å². The SMILES string of the molecule is CCOC(=O)C1=C(C)N=c2s/c(=C\c3cc(I)c(OCc4ccc(Cl)cc4Cl)c(I)c3)c(=O)n2[C@@H]1c1ccc(OC)c(OCC)c1. The number of nitrogens with zero attached hydrogens (tertiary/aromatic N) is 2. The Morgan fingerprint density at radius 2 is 1.76 bits per heavy atom. The zero-order valence-corrected chi connectivity index (χ0v) is 31.8. The second-order valence-corrected chi connectivity index (χ2v) is 14.2. The van der Waals surface area contributed by atoms with Crippen LogP contribution in [0.4, 0.5) is 0 Å². The van der Waals surface area contributed by atoms with E-state index in [-0.39, 0.29) is 18.8 Å². The molecule has 1 atom stereocenters. The van der Waals surface area contributed by atoms with Gasteiger partial charge in [-0.05, 0) is 120 Å². The Kier molecular flexibility index (Phi) is 11.4. The number of halogens is 4. The summed E-state index contributed by atoms with van der Waals surface area (Å²) < 4.78 is 26.6. The number of thiazole rings is 1. The Balaban J connectivity index is 1.57. The minimum atomic E-state index is -0.779. The molecule has 1 aromatic heterocycles. The molecule has 240 valence electrons. The molecule has 0 bridgehead atoms. The van der Waals surface area contributed by atoms with Gasteiger partial charge in [0.2, 0.25) is 0 Å². The fourth-order valence-electron chi connectivity index (χ4n) is 4.98. The number of esters is 1. The topological polar surface area (TPSA) is 88.4 Å². The van der Waals surface area contributed by atoms with Gasteiger partial charge in [0.05, 0.1) is 49.3 Å². The van der Waals surface area contributed by atoms with Gasteiger partial charge in [0.25, 0.3) is 5.56 Å². The Hall–Kier alpha value is -2.59. The number of carbonyl (C=O) groups is 1. The van der Waals surface area contributed by atoms with Crippen LogP contribution in [-0.4, -0.2) is 30.9 Å². The van der Waals surface area contributed by atoms with Crippen molar-refractivity contribution in [1.29, 1.82) is 0 Å². The van der Waals surface area contributed by atoms with Crippen LogP contribution in [0.25, 0.3) is 6.08 Å². The molecule has 3 aromatic carbocycles. The molecule has 46 heavy (non-hydrogen) atoms. The van der Waals surface area contributed by atoms with Gasteiger partial charge >= 0.3 is 5.97 Å². The largest absolute Gasteiger partial charge is 0.493 e. The van der Waals surface area contributed by atoms with Gasteiger partial charge in [-0.1, -0.05) is 46.7 Å². The summed E-state index contributed by atoms with van der Waals surface area (Å²) in [5.74, 6) is 1.23. The Labute approximate surface area is 306 Å². The average Bonchev–Trinajstić information content (AvgIpc) is 3.30. The molecule has 0 saturated carbocycles. The zero-order valence-electron chi connectivity index (χ0n) is 25.2. The Bertz CT molecular complexity index is 2020. The first-order chi connectivity index (χ1) is 22.1. The maximum atomic E-state index is 14.1. The third-order valence-electron chi connectivity index (χ3n) is 7.03. The third-order valence-corrected chi connectivity index (χ3v) is 10.2. The Morgan fingerprint density at radius 1 is 1.02 bits per heavy atom. The zero-order chi connectivity index (χ0) is 33.1. The highest BCUT2D eigenvalue weighted by Gasteiger charge is 2.34. The van der Waals surface area contributed by atoms with E-state index in [1.54, 1.807) is 49.8 Å². The molecule has 0 radical (unpaired) electrons. The monoisotopic (exact) mass is 904 g/mol. The van der Waals surface area contributed by atoms with E-state index in [0.717, 1.165) is 18.3 Å². The van der Waals surface area contributed by atoms with Crippen LogP contribution in [0, 0.1) is 7.14 Å². The normalized spacial score (nSPS) is 14.5. The fourth-order valence-corrected chi connectivity index (χ4v) is 8.62. The minimum absolute atomic E-state index is 0.184. The molecular weight excluding hydrogens is 877 g/mol. The molecule has 2 heterocycles. The standard InChI is InChI=1S/C33H28Cl2I2N2O6S/c1-5-43-26-14-19(8-10-25(26)42-4)29-28(32(41)44-6-2)17(3)38-33-39(29)31(40)27(46-33)13-18-11-23(36)30(24(37)12-18)45-16-20-7-9-21(34)15-22(20)35/h7-15,29H,5-6,16H2,1-4H3/b27-13-/t29-/m1/s1. The van der Waals surface area contributed by atoms with Gasteiger partial charge in [0.1, 0.15) is 12.4 Å². The molecule has 0 spiro atoms. The van der Waals surface area contributed by atoms with Crippen LogP contribution in [0.3, 0.4) is 0 Å². The molecule has 0 amide bonds. The Morgan fingerprint density at radius 3 is 2.41 bits per heavy atom. The van der Waals surface area contributed by atoms with Crippen molar-refractivity contribution >= 4 is 91.8 Å². The van der Waals surface area contributed by atoms with E-state index in [4.69, 9.17) is 42.1 Å². The van der Waals surface area contributed by atoms with Crippen LogP contribution >= 0.6 is 79.7 Å². The molecular formula is C33H28Cl2I2N2O6S. The highest BCUT2D eigenvalue weighted by atomic mass is 127. The number of hydrogen-bond acceptors (Lipinski definition) is 8. The van der Waals surface area contributed by atoms with Crippen LogP contribution < -0.4 is 29.1 Å². The van der Waals surface area contributed by atoms with Gasteiger partial charge in [-0.3, -0.25) is 9.36 Å². The number of allylic oxidation sites excluding steroid dienone is 1. The highest BCUT2D eigenvalue weighted by Crippen LogP contribution is 2.36. The summed E-state index contributed by atoms with van der Waals surface area (Å²) in [7, 11) is 1.56. The summed E-state index contributed by atoms with van der Waals surface area (Å²) in [6.07, 6.45) is 1.83. The van der Waals surface area contributed by atoms with E-state index in [2.05, 4.69) is 50.2 Å². The van der Waals surface area contributed by atoms with Gasteiger partial charge < -0.3 is 18.9 Å². The van der Waals surface area contributed by atoms with Crippen molar-refractivity contribution in [2.75, 3.05) is 20.3 Å². The molecule has 0 unspecified atom stereocenters. The lowest BCUT2D eigenvalue weighted by molar-refractivity contribution is -0.139. The quantitative estimate of drug-likeness (QED) is 0.123. The van der Waals surface area contributed by atoms with Gasteiger partial charge in [0.15, 0.2) is 16.3 Å². The summed E-state index contributed by atoms with van der Waals surface area (Å²) in [5.41, 5.74) is 2.80. The van der Waals surface area contributed by atoms with Crippen molar-refractivity contribution in [1.82, 2.24) is 4.57 Å². The molecule has 5 rings (SSSR count). The first-order valence-corrected chi connectivity index (χ1v) is 17.8. The van der Waals surface area contributed by atoms with E-state index in [1.807, 2.05) is 37.3 Å². The second kappa shape index (κ2) is 15.1. The van der Waals surface area contributed by atoms with Crippen molar-refractivity contribution in [3.05, 3.63) is 113 Å². The van der Waals surface area contributed by atoms with Crippen molar-refractivity contribution in [3.8, 4) is 17.2 Å². The van der Waals surface area contributed by atoms with E-state index in [1.165, 1.54) is 11.3 Å². The number of benzene rings is 3. The van der Waals surface area contributed by atoms with Crippen LogP contribution in [0.2, 0.25) is 10.0 Å². The van der Waals surface area contributed by atoms with Gasteiger partial charge in [-0.25, -0.2) is 9.79 Å². The maximum absolute atomic E-state index is 14.1. The summed E-state index contributed by atoms with van der Waals surface area (Å²) in [6.45, 7) is 6.24. The van der Waals surface area contributed by atoms with Gasteiger partial charge in [0, 0.05) is 15.6 Å². The number of carbonyl (C=O) groups excluding carboxylic acids is 1. The number of ether oxygens (including phenoxy) is 4. The lowest BCUT2D eigenvalue weighted by atomic mass is 9.95. The van der Waals surface area contributed by atoms with Crippen molar-refractivity contribution in [2.24, 2.45) is 4.99 Å². The fraction of sp³-hybridized carbons (Fsp3) is 0.242. The molecule has 0 saturated heterocycles. The lowest BCUT2D eigenvalue weighted by Gasteiger charge is -2.25. The summed E-state index contributed by atoms with van der Waals surface area (Å²) in [6, 6.07) is 13.8. The number of aromatic nitrogens is 1. The molecule has 13 heteroatoms. The van der Waals surface area contributed by atoms with Crippen molar-refractivity contribution < 1.29 is 23.7 Å². The third kappa shape index (κ3) is 7.28. The van der Waals surface area contributed by atoms with Crippen LogP contribution in [0.5, 0.6) is 17.2 Å². The summed E-state index contributed by atoms with van der Waals surface area (Å²) in [4.78, 5) is 32.6. The average molecular weight is 905 g/mol. The molecule has 1 aliphatic heterocycles. The summed E-state index contributed by atoms with van der Waals surface area (Å²) in [5, 5.41) is 1.10. The number of fused-ring (bicyclic) bond motifs is 1. The van der Waals surface area contributed by atoms with Crippen LogP contribution in [-0.2, 0) is 16.1 Å². The van der Waals surface area contributed by atoms with Crippen molar-refractivity contribution in [3.63, 3.8) is 0 Å².